The Morgan fingerprint density at radius 2 is 2.12 bits per heavy atom. The second-order valence-electron chi connectivity index (χ2n) is 4.08. The molecule has 16 heavy (non-hydrogen) atoms. The van der Waals surface area contributed by atoms with Crippen molar-refractivity contribution in [1.29, 1.82) is 0 Å². The van der Waals surface area contributed by atoms with Gasteiger partial charge in [-0.25, -0.2) is 0 Å². The molecule has 0 radical (unpaired) electrons. The highest BCUT2D eigenvalue weighted by Gasteiger charge is 2.14. The Bertz CT molecular complexity index is 342. The standard InChI is InChI=1S/C12H19ClN2O/c1-8(2)16-7-11(15-14)10-6-4-5-9(3)12(10)13/h4-6,8,11,15H,7,14H2,1-3H3. The first kappa shape index (κ1) is 13.5. The predicted molar refractivity (Wildman–Crippen MR) is 67.3 cm³/mol. The third-order valence-electron chi connectivity index (χ3n) is 2.39. The molecule has 0 saturated carbocycles. The van der Waals surface area contributed by atoms with Crippen LogP contribution in [-0.4, -0.2) is 12.7 Å². The topological polar surface area (TPSA) is 47.3 Å². The molecule has 0 spiro atoms. The Morgan fingerprint density at radius 1 is 1.44 bits per heavy atom. The van der Waals surface area contributed by atoms with Crippen molar-refractivity contribution in [3.8, 4) is 0 Å². The quantitative estimate of drug-likeness (QED) is 0.616. The Balaban J connectivity index is 2.82. The van der Waals surface area contributed by atoms with Crippen LogP contribution in [0.4, 0.5) is 0 Å². The third kappa shape index (κ3) is 3.46. The van der Waals surface area contributed by atoms with Crippen molar-refractivity contribution in [3.05, 3.63) is 34.3 Å². The summed E-state index contributed by atoms with van der Waals surface area (Å²) in [6.45, 7) is 6.47. The minimum Gasteiger partial charge on any atom is -0.377 e. The van der Waals surface area contributed by atoms with Crippen molar-refractivity contribution in [2.45, 2.75) is 32.9 Å². The molecule has 0 aliphatic heterocycles. The number of ether oxygens (including phenoxy) is 1. The first-order valence-corrected chi connectivity index (χ1v) is 5.76. The van der Waals surface area contributed by atoms with E-state index in [-0.39, 0.29) is 12.1 Å². The lowest BCUT2D eigenvalue weighted by Crippen LogP contribution is -2.32. The number of nitrogens with one attached hydrogen (secondary N) is 1. The van der Waals surface area contributed by atoms with E-state index in [0.717, 1.165) is 16.1 Å². The molecule has 4 heteroatoms. The van der Waals surface area contributed by atoms with Crippen LogP contribution in [0.25, 0.3) is 0 Å². The van der Waals surface area contributed by atoms with E-state index in [1.807, 2.05) is 39.0 Å². The Labute approximate surface area is 102 Å². The number of benzene rings is 1. The molecule has 3 N–H and O–H groups in total. The number of hydrogen-bond acceptors (Lipinski definition) is 3. The van der Waals surface area contributed by atoms with Crippen LogP contribution in [0.1, 0.15) is 31.0 Å². The van der Waals surface area contributed by atoms with Crippen molar-refractivity contribution in [3.63, 3.8) is 0 Å². The van der Waals surface area contributed by atoms with Crippen LogP contribution in [0.5, 0.6) is 0 Å². The smallest absolute Gasteiger partial charge is 0.0708 e. The molecule has 90 valence electrons. The van der Waals surface area contributed by atoms with Gasteiger partial charge in [-0.1, -0.05) is 29.8 Å². The van der Waals surface area contributed by atoms with E-state index in [0.29, 0.717) is 6.61 Å². The van der Waals surface area contributed by atoms with Gasteiger partial charge in [-0.2, -0.15) is 0 Å². The predicted octanol–water partition coefficient (Wildman–Crippen LogP) is 2.58. The van der Waals surface area contributed by atoms with Crippen LogP contribution in [-0.2, 0) is 4.74 Å². The van der Waals surface area contributed by atoms with Gasteiger partial charge < -0.3 is 4.74 Å². The maximum absolute atomic E-state index is 6.23. The lowest BCUT2D eigenvalue weighted by atomic mass is 10.1. The molecule has 3 nitrogen and oxygen atoms in total. The molecule has 0 fully saturated rings. The normalized spacial score (nSPS) is 13.1. The van der Waals surface area contributed by atoms with Gasteiger partial charge in [0.1, 0.15) is 0 Å². The highest BCUT2D eigenvalue weighted by Crippen LogP contribution is 2.26. The number of rotatable bonds is 5. The number of hydrogen-bond donors (Lipinski definition) is 2. The molecular formula is C12H19ClN2O. The molecule has 1 unspecified atom stereocenters. The van der Waals surface area contributed by atoms with Gasteiger partial charge in [-0.3, -0.25) is 11.3 Å². The van der Waals surface area contributed by atoms with Gasteiger partial charge in [0.2, 0.25) is 0 Å². The fourth-order valence-electron chi connectivity index (χ4n) is 1.46. The summed E-state index contributed by atoms with van der Waals surface area (Å²) in [5.41, 5.74) is 4.75. The first-order valence-electron chi connectivity index (χ1n) is 5.39. The van der Waals surface area contributed by atoms with Gasteiger partial charge in [0.05, 0.1) is 18.8 Å². The average molecular weight is 243 g/mol. The highest BCUT2D eigenvalue weighted by atomic mass is 35.5. The lowest BCUT2D eigenvalue weighted by molar-refractivity contribution is 0.0611. The molecule has 0 saturated heterocycles. The number of hydrazine groups is 1. The fourth-order valence-corrected chi connectivity index (χ4v) is 1.71. The third-order valence-corrected chi connectivity index (χ3v) is 2.91. The van der Waals surface area contributed by atoms with E-state index in [4.69, 9.17) is 22.2 Å². The summed E-state index contributed by atoms with van der Waals surface area (Å²) in [6.07, 6.45) is 0.180. The van der Waals surface area contributed by atoms with Gasteiger partial charge in [-0.05, 0) is 31.9 Å². The van der Waals surface area contributed by atoms with Crippen LogP contribution in [0.2, 0.25) is 5.02 Å². The lowest BCUT2D eigenvalue weighted by Gasteiger charge is -2.20. The van der Waals surface area contributed by atoms with Gasteiger partial charge in [0.15, 0.2) is 0 Å². The molecule has 1 rings (SSSR count). The molecule has 0 aliphatic carbocycles. The summed E-state index contributed by atoms with van der Waals surface area (Å²) in [4.78, 5) is 0. The summed E-state index contributed by atoms with van der Waals surface area (Å²) < 4.78 is 5.54. The largest absolute Gasteiger partial charge is 0.377 e. The molecule has 0 aromatic heterocycles. The average Bonchev–Trinajstić information content (AvgIpc) is 2.24. The Kier molecular flexibility index (Phi) is 5.22. The van der Waals surface area contributed by atoms with Gasteiger partial charge in [0, 0.05) is 5.02 Å². The zero-order valence-corrected chi connectivity index (χ0v) is 10.7. The number of aryl methyl sites for hydroxylation is 1. The van der Waals surface area contributed by atoms with Crippen LogP contribution >= 0.6 is 11.6 Å². The molecule has 0 amide bonds. The van der Waals surface area contributed by atoms with Crippen molar-refractivity contribution in [1.82, 2.24) is 5.43 Å². The highest BCUT2D eigenvalue weighted by molar-refractivity contribution is 6.32. The van der Waals surface area contributed by atoms with Crippen LogP contribution in [0, 0.1) is 6.92 Å². The molecule has 1 atom stereocenters. The summed E-state index contributed by atoms with van der Waals surface area (Å²) in [5.74, 6) is 5.52. The summed E-state index contributed by atoms with van der Waals surface area (Å²) in [6, 6.07) is 5.83. The Hall–Kier alpha value is -0.610. The summed E-state index contributed by atoms with van der Waals surface area (Å²) >= 11 is 6.23. The van der Waals surface area contributed by atoms with Gasteiger partial charge in [0.25, 0.3) is 0 Å². The molecular weight excluding hydrogens is 224 g/mol. The summed E-state index contributed by atoms with van der Waals surface area (Å²) in [7, 11) is 0. The molecule has 1 aromatic carbocycles. The van der Waals surface area contributed by atoms with Crippen LogP contribution in [0.3, 0.4) is 0 Å². The SMILES string of the molecule is Cc1cccc(C(COC(C)C)NN)c1Cl. The zero-order valence-electron chi connectivity index (χ0n) is 9.96. The van der Waals surface area contributed by atoms with Gasteiger partial charge >= 0.3 is 0 Å². The van der Waals surface area contributed by atoms with Crippen molar-refractivity contribution in [2.75, 3.05) is 6.61 Å². The molecule has 0 aliphatic rings. The minimum absolute atomic E-state index is 0.0743. The van der Waals surface area contributed by atoms with Crippen molar-refractivity contribution in [2.24, 2.45) is 5.84 Å². The van der Waals surface area contributed by atoms with E-state index in [1.165, 1.54) is 0 Å². The van der Waals surface area contributed by atoms with E-state index in [9.17, 15) is 0 Å². The maximum Gasteiger partial charge on any atom is 0.0708 e. The number of nitrogens with two attached hydrogens (primary N) is 1. The van der Waals surface area contributed by atoms with E-state index in [1.54, 1.807) is 0 Å². The van der Waals surface area contributed by atoms with Crippen LogP contribution in [0.15, 0.2) is 18.2 Å². The first-order chi connectivity index (χ1) is 7.56. The van der Waals surface area contributed by atoms with Crippen molar-refractivity contribution >= 4 is 11.6 Å². The fraction of sp³-hybridized carbons (Fsp3) is 0.500. The minimum atomic E-state index is -0.0743. The molecule has 0 bridgehead atoms. The second kappa shape index (κ2) is 6.21. The van der Waals surface area contributed by atoms with Crippen LogP contribution < -0.4 is 11.3 Å². The summed E-state index contributed by atoms with van der Waals surface area (Å²) in [5, 5.41) is 0.748. The maximum atomic E-state index is 6.23. The van der Waals surface area contributed by atoms with E-state index < -0.39 is 0 Å². The van der Waals surface area contributed by atoms with Gasteiger partial charge in [-0.15, -0.1) is 0 Å². The van der Waals surface area contributed by atoms with E-state index >= 15 is 0 Å². The molecule has 1 aromatic rings. The second-order valence-corrected chi connectivity index (χ2v) is 4.46. The molecule has 0 heterocycles. The van der Waals surface area contributed by atoms with E-state index in [2.05, 4.69) is 5.43 Å². The monoisotopic (exact) mass is 242 g/mol. The Morgan fingerprint density at radius 3 is 2.69 bits per heavy atom. The number of halogens is 1. The zero-order chi connectivity index (χ0) is 12.1. The van der Waals surface area contributed by atoms with Crippen molar-refractivity contribution < 1.29 is 4.74 Å².